The van der Waals surface area contributed by atoms with E-state index in [-0.39, 0.29) is 24.4 Å². The van der Waals surface area contributed by atoms with Crippen molar-refractivity contribution < 1.29 is 18.7 Å². The molecule has 2 heterocycles. The molecule has 0 aliphatic carbocycles. The number of ether oxygens (including phenoxy) is 2. The zero-order valence-corrected chi connectivity index (χ0v) is 13.3. The van der Waals surface area contributed by atoms with Crippen LogP contribution in [-0.4, -0.2) is 25.2 Å². The Bertz CT molecular complexity index is 647. The fourth-order valence-corrected chi connectivity index (χ4v) is 2.49. The number of carbonyl (C=O) groups excluding carboxylic acids is 1. The van der Waals surface area contributed by atoms with Gasteiger partial charge in [0, 0.05) is 18.2 Å². The van der Waals surface area contributed by atoms with Gasteiger partial charge in [-0.3, -0.25) is 4.79 Å². The van der Waals surface area contributed by atoms with Crippen molar-refractivity contribution in [1.82, 2.24) is 5.32 Å². The van der Waals surface area contributed by atoms with E-state index in [1.165, 1.54) is 0 Å². The molecule has 0 radical (unpaired) electrons. The topological polar surface area (TPSA) is 60.7 Å². The molecule has 1 atom stereocenters. The highest BCUT2D eigenvalue weighted by Gasteiger charge is 2.18. The number of benzene rings is 1. The molecule has 1 amide bonds. The quantitative estimate of drug-likeness (QED) is 0.878. The maximum atomic E-state index is 12.0. The summed E-state index contributed by atoms with van der Waals surface area (Å²) in [6.07, 6.45) is 2.15. The third-order valence-electron chi connectivity index (χ3n) is 3.59. The Morgan fingerprint density at radius 1 is 1.26 bits per heavy atom. The van der Waals surface area contributed by atoms with Crippen molar-refractivity contribution in [3.63, 3.8) is 0 Å². The van der Waals surface area contributed by atoms with Crippen molar-refractivity contribution in [1.29, 1.82) is 0 Å². The Balaban J connectivity index is 1.48. The van der Waals surface area contributed by atoms with E-state index in [9.17, 15) is 4.79 Å². The van der Waals surface area contributed by atoms with E-state index in [2.05, 4.69) is 5.32 Å². The zero-order valence-electron chi connectivity index (χ0n) is 12.6. The lowest BCUT2D eigenvalue weighted by Gasteiger charge is -2.09. The molecule has 23 heavy (non-hydrogen) atoms. The summed E-state index contributed by atoms with van der Waals surface area (Å²) in [4.78, 5) is 12.0. The minimum atomic E-state index is -0.238. The Hall–Kier alpha value is -1.98. The van der Waals surface area contributed by atoms with Gasteiger partial charge in [-0.15, -0.1) is 0 Å². The molecule has 6 heteroatoms. The normalized spacial score (nSPS) is 17.2. The average Bonchev–Trinajstić information content (AvgIpc) is 3.24. The van der Waals surface area contributed by atoms with E-state index < -0.39 is 0 Å². The van der Waals surface area contributed by atoms with Crippen LogP contribution in [0.4, 0.5) is 0 Å². The van der Waals surface area contributed by atoms with Crippen molar-refractivity contribution in [2.24, 2.45) is 0 Å². The van der Waals surface area contributed by atoms with Crippen LogP contribution in [0, 0.1) is 0 Å². The first kappa shape index (κ1) is 15.9. The number of hydrogen-bond acceptors (Lipinski definition) is 4. The minimum absolute atomic E-state index is 0.113. The molecule has 1 saturated heterocycles. The summed E-state index contributed by atoms with van der Waals surface area (Å²) < 4.78 is 16.5. The van der Waals surface area contributed by atoms with Gasteiger partial charge in [0.2, 0.25) is 0 Å². The number of furan rings is 1. The molecule has 3 rings (SSSR count). The van der Waals surface area contributed by atoms with Crippen LogP contribution in [0.2, 0.25) is 5.02 Å². The lowest BCUT2D eigenvalue weighted by molar-refractivity contribution is 0.0832. The Kier molecular flexibility index (Phi) is 5.20. The maximum Gasteiger partial charge on any atom is 0.287 e. The van der Waals surface area contributed by atoms with Crippen LogP contribution in [0.15, 0.2) is 40.8 Å². The fourth-order valence-electron chi connectivity index (χ4n) is 2.36. The van der Waals surface area contributed by atoms with E-state index in [1.54, 1.807) is 36.4 Å². The molecular weight excluding hydrogens is 318 g/mol. The summed E-state index contributed by atoms with van der Waals surface area (Å²) in [5, 5.41) is 3.47. The molecule has 122 valence electrons. The van der Waals surface area contributed by atoms with Crippen LogP contribution in [-0.2, 0) is 11.3 Å². The molecule has 2 aromatic rings. The van der Waals surface area contributed by atoms with Crippen molar-refractivity contribution >= 4 is 17.5 Å². The van der Waals surface area contributed by atoms with E-state index in [0.717, 1.165) is 19.4 Å². The summed E-state index contributed by atoms with van der Waals surface area (Å²) in [5.74, 6) is 1.31. The van der Waals surface area contributed by atoms with Gasteiger partial charge in [-0.1, -0.05) is 11.6 Å². The third-order valence-corrected chi connectivity index (χ3v) is 3.85. The van der Waals surface area contributed by atoms with Crippen LogP contribution in [0.3, 0.4) is 0 Å². The van der Waals surface area contributed by atoms with Gasteiger partial charge in [-0.05, 0) is 49.2 Å². The summed E-state index contributed by atoms with van der Waals surface area (Å²) >= 11 is 5.82. The van der Waals surface area contributed by atoms with Crippen molar-refractivity contribution in [3.8, 4) is 5.75 Å². The molecule has 1 fully saturated rings. The molecule has 1 aliphatic heterocycles. The first-order valence-corrected chi connectivity index (χ1v) is 7.95. The smallest absolute Gasteiger partial charge is 0.287 e. The molecule has 0 bridgehead atoms. The highest BCUT2D eigenvalue weighted by atomic mass is 35.5. The number of halogens is 1. The molecule has 1 N–H and O–H groups in total. The van der Waals surface area contributed by atoms with Gasteiger partial charge in [0.1, 0.15) is 18.1 Å². The first-order chi connectivity index (χ1) is 11.2. The Morgan fingerprint density at radius 2 is 2.09 bits per heavy atom. The summed E-state index contributed by atoms with van der Waals surface area (Å²) in [5.41, 5.74) is 0. The highest BCUT2D eigenvalue weighted by Crippen LogP contribution is 2.18. The summed E-state index contributed by atoms with van der Waals surface area (Å²) in [7, 11) is 0. The standard InChI is InChI=1S/C17H18ClNO4/c18-12-3-5-13(6-4-12)22-11-15-7-8-16(23-15)17(20)19-10-14-2-1-9-21-14/h3-8,14H,1-2,9-11H2,(H,19,20). The molecule has 0 spiro atoms. The van der Waals surface area contributed by atoms with Crippen LogP contribution < -0.4 is 10.1 Å². The van der Waals surface area contributed by atoms with Crippen molar-refractivity contribution in [2.75, 3.05) is 13.2 Å². The maximum absolute atomic E-state index is 12.0. The summed E-state index contributed by atoms with van der Waals surface area (Å²) in [6.45, 7) is 1.53. The largest absolute Gasteiger partial charge is 0.486 e. The minimum Gasteiger partial charge on any atom is -0.486 e. The molecular formula is C17H18ClNO4. The molecule has 1 unspecified atom stereocenters. The number of rotatable bonds is 6. The highest BCUT2D eigenvalue weighted by molar-refractivity contribution is 6.30. The van der Waals surface area contributed by atoms with E-state index in [0.29, 0.717) is 23.1 Å². The molecule has 5 nitrogen and oxygen atoms in total. The number of nitrogens with one attached hydrogen (secondary N) is 1. The monoisotopic (exact) mass is 335 g/mol. The second kappa shape index (κ2) is 7.53. The molecule has 1 aromatic carbocycles. The van der Waals surface area contributed by atoms with Gasteiger partial charge in [-0.25, -0.2) is 0 Å². The number of amides is 1. The number of hydrogen-bond donors (Lipinski definition) is 1. The van der Waals surface area contributed by atoms with Gasteiger partial charge in [0.05, 0.1) is 6.10 Å². The van der Waals surface area contributed by atoms with Crippen LogP contribution in [0.25, 0.3) is 0 Å². The third kappa shape index (κ3) is 4.50. The van der Waals surface area contributed by atoms with E-state index in [1.807, 2.05) is 0 Å². The number of carbonyl (C=O) groups is 1. The lowest BCUT2D eigenvalue weighted by Crippen LogP contribution is -2.31. The second-order valence-electron chi connectivity index (χ2n) is 5.35. The Morgan fingerprint density at radius 3 is 2.83 bits per heavy atom. The van der Waals surface area contributed by atoms with Crippen LogP contribution in [0.5, 0.6) is 5.75 Å². The van der Waals surface area contributed by atoms with Crippen LogP contribution >= 0.6 is 11.6 Å². The zero-order chi connectivity index (χ0) is 16.1. The van der Waals surface area contributed by atoms with Crippen molar-refractivity contribution in [2.45, 2.75) is 25.6 Å². The lowest BCUT2D eigenvalue weighted by atomic mass is 10.2. The van der Waals surface area contributed by atoms with Gasteiger partial charge in [0.15, 0.2) is 5.76 Å². The first-order valence-electron chi connectivity index (χ1n) is 7.57. The predicted molar refractivity (Wildman–Crippen MR) is 85.8 cm³/mol. The van der Waals surface area contributed by atoms with Crippen molar-refractivity contribution in [3.05, 3.63) is 52.9 Å². The average molecular weight is 336 g/mol. The van der Waals surface area contributed by atoms with Gasteiger partial charge in [0.25, 0.3) is 5.91 Å². The fraction of sp³-hybridized carbons (Fsp3) is 0.353. The van der Waals surface area contributed by atoms with E-state index >= 15 is 0 Å². The predicted octanol–water partition coefficient (Wildman–Crippen LogP) is 3.42. The Labute approximate surface area is 139 Å². The van der Waals surface area contributed by atoms with Gasteiger partial charge >= 0.3 is 0 Å². The molecule has 1 aliphatic rings. The SMILES string of the molecule is O=C(NCC1CCCO1)c1ccc(COc2ccc(Cl)cc2)o1. The van der Waals surface area contributed by atoms with E-state index in [4.69, 9.17) is 25.5 Å². The second-order valence-corrected chi connectivity index (χ2v) is 5.79. The van der Waals surface area contributed by atoms with Gasteiger partial charge < -0.3 is 19.2 Å². The van der Waals surface area contributed by atoms with Gasteiger partial charge in [-0.2, -0.15) is 0 Å². The molecule has 0 saturated carbocycles. The molecule has 1 aromatic heterocycles. The summed E-state index contributed by atoms with van der Waals surface area (Å²) in [6, 6.07) is 10.4. The van der Waals surface area contributed by atoms with Crippen LogP contribution in [0.1, 0.15) is 29.2 Å².